The van der Waals surface area contributed by atoms with E-state index in [1.54, 1.807) is 26.1 Å². The van der Waals surface area contributed by atoms with Gasteiger partial charge in [0.2, 0.25) is 5.91 Å². The number of methoxy groups -OCH3 is 1. The topological polar surface area (TPSA) is 67.6 Å². The number of hydrogen-bond donors (Lipinski definition) is 2. The first-order chi connectivity index (χ1) is 8.56. The molecular weight excluding hydrogens is 230 g/mol. The lowest BCUT2D eigenvalue weighted by Gasteiger charge is -2.20. The summed E-state index contributed by atoms with van der Waals surface area (Å²) in [6.45, 7) is 0.400. The van der Waals surface area contributed by atoms with Crippen LogP contribution in [0.15, 0.2) is 24.3 Å². The van der Waals surface area contributed by atoms with Crippen LogP contribution >= 0.6 is 0 Å². The normalized spacial score (nSPS) is 11.8. The maximum atomic E-state index is 11.6. The minimum atomic E-state index is -0.0768. The molecule has 100 valence electrons. The zero-order chi connectivity index (χ0) is 13.5. The van der Waals surface area contributed by atoms with E-state index in [9.17, 15) is 4.79 Å². The quantitative estimate of drug-likeness (QED) is 0.788. The molecular formula is C13H21N3O2. The van der Waals surface area contributed by atoms with E-state index in [1.807, 2.05) is 24.3 Å². The fourth-order valence-electron chi connectivity index (χ4n) is 1.54. The summed E-state index contributed by atoms with van der Waals surface area (Å²) in [5, 5.41) is 3.24. The van der Waals surface area contributed by atoms with Gasteiger partial charge in [0.15, 0.2) is 0 Å². The molecule has 0 aromatic heterocycles. The molecule has 0 fully saturated rings. The highest BCUT2D eigenvalue weighted by molar-refractivity contribution is 5.76. The number of amides is 1. The number of nitrogens with one attached hydrogen (secondary N) is 1. The number of hydrogen-bond acceptors (Lipinski definition) is 4. The summed E-state index contributed by atoms with van der Waals surface area (Å²) < 4.78 is 5.14. The third-order valence-corrected chi connectivity index (χ3v) is 2.64. The van der Waals surface area contributed by atoms with Crippen LogP contribution in [-0.4, -0.2) is 44.6 Å². The van der Waals surface area contributed by atoms with Gasteiger partial charge in [0.25, 0.3) is 0 Å². The lowest BCUT2D eigenvalue weighted by molar-refractivity contribution is -0.128. The van der Waals surface area contributed by atoms with Crippen LogP contribution < -0.4 is 15.8 Å². The molecule has 3 N–H and O–H groups in total. The molecule has 0 aliphatic heterocycles. The second-order valence-electron chi connectivity index (χ2n) is 4.30. The van der Waals surface area contributed by atoms with Crippen molar-refractivity contribution in [3.63, 3.8) is 0 Å². The molecule has 0 saturated carbocycles. The van der Waals surface area contributed by atoms with Gasteiger partial charge in [0.05, 0.1) is 7.11 Å². The Morgan fingerprint density at radius 2 is 2.22 bits per heavy atom. The molecule has 1 aromatic rings. The van der Waals surface area contributed by atoms with E-state index < -0.39 is 0 Å². The van der Waals surface area contributed by atoms with Crippen LogP contribution in [0.1, 0.15) is 6.42 Å². The summed E-state index contributed by atoms with van der Waals surface area (Å²) >= 11 is 0. The monoisotopic (exact) mass is 251 g/mol. The van der Waals surface area contributed by atoms with Crippen molar-refractivity contribution < 1.29 is 9.53 Å². The number of rotatable bonds is 6. The minimum absolute atomic E-state index is 0.0563. The Morgan fingerprint density at radius 3 is 2.78 bits per heavy atom. The Morgan fingerprint density at radius 1 is 1.50 bits per heavy atom. The van der Waals surface area contributed by atoms with E-state index in [0.717, 1.165) is 11.4 Å². The van der Waals surface area contributed by atoms with Gasteiger partial charge in [0.1, 0.15) is 5.75 Å². The standard InChI is InChI=1S/C13H21N3O2/c1-16(2)13(17)8-11(9-14)15-10-5-4-6-12(7-10)18-3/h4-7,11,15H,8-9,14H2,1-3H3. The predicted octanol–water partition coefficient (Wildman–Crippen LogP) is 0.913. The summed E-state index contributed by atoms with van der Waals surface area (Å²) in [7, 11) is 5.10. The summed E-state index contributed by atoms with van der Waals surface area (Å²) in [6.07, 6.45) is 0.376. The highest BCUT2D eigenvalue weighted by Crippen LogP contribution is 2.17. The third-order valence-electron chi connectivity index (χ3n) is 2.64. The maximum absolute atomic E-state index is 11.6. The largest absolute Gasteiger partial charge is 0.497 e. The van der Waals surface area contributed by atoms with Crippen LogP contribution in [0.3, 0.4) is 0 Å². The van der Waals surface area contributed by atoms with Crippen molar-refractivity contribution in [3.8, 4) is 5.75 Å². The number of anilines is 1. The highest BCUT2D eigenvalue weighted by Gasteiger charge is 2.13. The number of benzene rings is 1. The summed E-state index contributed by atoms with van der Waals surface area (Å²) in [4.78, 5) is 13.2. The van der Waals surface area contributed by atoms with Gasteiger partial charge in [-0.25, -0.2) is 0 Å². The van der Waals surface area contributed by atoms with Crippen molar-refractivity contribution in [1.82, 2.24) is 4.90 Å². The van der Waals surface area contributed by atoms with Gasteiger partial charge < -0.3 is 20.7 Å². The van der Waals surface area contributed by atoms with Crippen LogP contribution in [0.5, 0.6) is 5.75 Å². The number of carbonyl (C=O) groups excluding carboxylic acids is 1. The fourth-order valence-corrected chi connectivity index (χ4v) is 1.54. The van der Waals surface area contributed by atoms with E-state index in [2.05, 4.69) is 5.32 Å². The van der Waals surface area contributed by atoms with Crippen molar-refractivity contribution in [2.75, 3.05) is 33.1 Å². The first kappa shape index (κ1) is 14.3. The molecule has 5 nitrogen and oxygen atoms in total. The second-order valence-corrected chi connectivity index (χ2v) is 4.30. The van der Waals surface area contributed by atoms with Gasteiger partial charge in [0, 0.05) is 44.9 Å². The van der Waals surface area contributed by atoms with Crippen LogP contribution in [-0.2, 0) is 4.79 Å². The number of nitrogens with two attached hydrogens (primary N) is 1. The van der Waals surface area contributed by atoms with Gasteiger partial charge in [-0.15, -0.1) is 0 Å². The molecule has 0 radical (unpaired) electrons. The maximum Gasteiger partial charge on any atom is 0.224 e. The lowest BCUT2D eigenvalue weighted by Crippen LogP contribution is -2.35. The average Bonchev–Trinajstić information content (AvgIpc) is 2.37. The van der Waals surface area contributed by atoms with Gasteiger partial charge in [-0.3, -0.25) is 4.79 Å². The van der Waals surface area contributed by atoms with E-state index in [0.29, 0.717) is 13.0 Å². The number of nitrogens with zero attached hydrogens (tertiary/aromatic N) is 1. The highest BCUT2D eigenvalue weighted by atomic mass is 16.5. The third kappa shape index (κ3) is 4.25. The summed E-state index contributed by atoms with van der Waals surface area (Å²) in [6, 6.07) is 7.48. The Labute approximate surface area is 108 Å². The fraction of sp³-hybridized carbons (Fsp3) is 0.462. The molecule has 0 saturated heterocycles. The minimum Gasteiger partial charge on any atom is -0.497 e. The predicted molar refractivity (Wildman–Crippen MR) is 72.8 cm³/mol. The van der Waals surface area contributed by atoms with Crippen molar-refractivity contribution in [3.05, 3.63) is 24.3 Å². The van der Waals surface area contributed by atoms with Gasteiger partial charge in [-0.1, -0.05) is 6.07 Å². The molecule has 1 rings (SSSR count). The molecule has 0 heterocycles. The number of carbonyl (C=O) groups is 1. The van der Waals surface area contributed by atoms with Crippen LogP contribution in [0, 0.1) is 0 Å². The van der Waals surface area contributed by atoms with E-state index in [4.69, 9.17) is 10.5 Å². The summed E-state index contributed by atoms with van der Waals surface area (Å²) in [5.74, 6) is 0.829. The van der Waals surface area contributed by atoms with E-state index >= 15 is 0 Å². The molecule has 0 aliphatic carbocycles. The summed E-state index contributed by atoms with van der Waals surface area (Å²) in [5.41, 5.74) is 6.57. The lowest BCUT2D eigenvalue weighted by atomic mass is 10.1. The smallest absolute Gasteiger partial charge is 0.224 e. The van der Waals surface area contributed by atoms with Gasteiger partial charge in [-0.2, -0.15) is 0 Å². The zero-order valence-electron chi connectivity index (χ0n) is 11.1. The molecule has 5 heteroatoms. The molecule has 0 aliphatic rings. The van der Waals surface area contributed by atoms with E-state index in [1.165, 1.54) is 0 Å². The first-order valence-corrected chi connectivity index (χ1v) is 5.87. The molecule has 0 bridgehead atoms. The molecule has 0 spiro atoms. The Balaban J connectivity index is 2.64. The van der Waals surface area contributed by atoms with Crippen molar-refractivity contribution in [2.24, 2.45) is 5.73 Å². The SMILES string of the molecule is COc1cccc(NC(CN)CC(=O)N(C)C)c1. The Bertz CT molecular complexity index is 394. The van der Waals surface area contributed by atoms with E-state index in [-0.39, 0.29) is 11.9 Å². The van der Waals surface area contributed by atoms with Gasteiger partial charge >= 0.3 is 0 Å². The average molecular weight is 251 g/mol. The molecule has 18 heavy (non-hydrogen) atoms. The van der Waals surface area contributed by atoms with Crippen LogP contribution in [0.25, 0.3) is 0 Å². The Hall–Kier alpha value is -1.75. The molecule has 1 aromatic carbocycles. The number of ether oxygens (including phenoxy) is 1. The van der Waals surface area contributed by atoms with Gasteiger partial charge in [-0.05, 0) is 12.1 Å². The van der Waals surface area contributed by atoms with Crippen LogP contribution in [0.4, 0.5) is 5.69 Å². The van der Waals surface area contributed by atoms with Crippen molar-refractivity contribution in [2.45, 2.75) is 12.5 Å². The zero-order valence-corrected chi connectivity index (χ0v) is 11.1. The first-order valence-electron chi connectivity index (χ1n) is 5.87. The van der Waals surface area contributed by atoms with Crippen molar-refractivity contribution >= 4 is 11.6 Å². The Kier molecular flexibility index (Phi) is 5.45. The molecule has 1 atom stereocenters. The van der Waals surface area contributed by atoms with Crippen molar-refractivity contribution in [1.29, 1.82) is 0 Å². The second kappa shape index (κ2) is 6.86. The molecule has 1 unspecified atom stereocenters. The van der Waals surface area contributed by atoms with Crippen LogP contribution in [0.2, 0.25) is 0 Å². The molecule has 1 amide bonds.